The van der Waals surface area contributed by atoms with Crippen molar-refractivity contribution >= 4 is 5.78 Å². The maximum atomic E-state index is 12.4. The van der Waals surface area contributed by atoms with Crippen LogP contribution in [0, 0.1) is 0 Å². The molecule has 1 aromatic rings. The minimum Gasteiger partial charge on any atom is -0.493 e. The van der Waals surface area contributed by atoms with E-state index in [1.165, 1.54) is 0 Å². The van der Waals surface area contributed by atoms with Gasteiger partial charge >= 0.3 is 0 Å². The molecule has 4 heteroatoms. The Morgan fingerprint density at radius 1 is 1.47 bits per heavy atom. The quantitative estimate of drug-likeness (QED) is 0.762. The minimum absolute atomic E-state index is 0.109. The number of hydrogen-bond acceptors (Lipinski definition) is 4. The lowest BCUT2D eigenvalue weighted by molar-refractivity contribution is -0.0158. The first-order valence-electron chi connectivity index (χ1n) is 6.79. The van der Waals surface area contributed by atoms with Crippen molar-refractivity contribution in [3.63, 3.8) is 0 Å². The van der Waals surface area contributed by atoms with E-state index in [2.05, 4.69) is 4.90 Å². The Morgan fingerprint density at radius 3 is 3.00 bits per heavy atom. The predicted octanol–water partition coefficient (Wildman–Crippen LogP) is 1.99. The first-order valence-corrected chi connectivity index (χ1v) is 6.79. The molecule has 0 spiro atoms. The molecule has 104 valence electrons. The van der Waals surface area contributed by atoms with Crippen LogP contribution in [0.25, 0.3) is 0 Å². The van der Waals surface area contributed by atoms with Gasteiger partial charge in [0.2, 0.25) is 0 Å². The molecule has 1 heterocycles. The van der Waals surface area contributed by atoms with Gasteiger partial charge in [0, 0.05) is 13.1 Å². The molecule has 0 N–H and O–H groups in total. The van der Waals surface area contributed by atoms with Crippen LogP contribution in [0.3, 0.4) is 0 Å². The summed E-state index contributed by atoms with van der Waals surface area (Å²) in [5, 5.41) is 0. The average molecular weight is 263 g/mol. The summed E-state index contributed by atoms with van der Waals surface area (Å²) < 4.78 is 11.0. The van der Waals surface area contributed by atoms with Crippen molar-refractivity contribution in [3.8, 4) is 5.75 Å². The zero-order valence-electron chi connectivity index (χ0n) is 11.6. The Bertz CT molecular complexity index is 433. The van der Waals surface area contributed by atoms with E-state index in [1.807, 2.05) is 38.1 Å². The zero-order chi connectivity index (χ0) is 13.7. The van der Waals surface area contributed by atoms with E-state index in [9.17, 15) is 4.79 Å². The number of ether oxygens (including phenoxy) is 2. The normalized spacial score (nSPS) is 20.2. The van der Waals surface area contributed by atoms with Crippen molar-refractivity contribution in [1.29, 1.82) is 0 Å². The van der Waals surface area contributed by atoms with Crippen LogP contribution in [0.2, 0.25) is 0 Å². The molecule has 0 amide bonds. The van der Waals surface area contributed by atoms with Gasteiger partial charge in [-0.05, 0) is 26.0 Å². The lowest BCUT2D eigenvalue weighted by Gasteiger charge is -2.30. The number of Topliss-reactive ketones (excluding diaryl/α,β-unsaturated/α-hetero) is 1. The molecule has 1 unspecified atom stereocenters. The largest absolute Gasteiger partial charge is 0.493 e. The third-order valence-corrected chi connectivity index (χ3v) is 3.18. The lowest BCUT2D eigenvalue weighted by atomic mass is 10.1. The predicted molar refractivity (Wildman–Crippen MR) is 73.8 cm³/mol. The second-order valence-electron chi connectivity index (χ2n) is 4.77. The Morgan fingerprint density at radius 2 is 2.26 bits per heavy atom. The number of morpholine rings is 1. The summed E-state index contributed by atoms with van der Waals surface area (Å²) in [6, 6.07) is 7.44. The Labute approximate surface area is 114 Å². The molecule has 0 bridgehead atoms. The Hall–Kier alpha value is -1.39. The standard InChI is InChI=1S/C15H21NO3/c1-3-18-15-7-5-4-6-13(15)14(17)11-16-8-9-19-12(2)10-16/h4-7,12H,3,8-11H2,1-2H3. The zero-order valence-corrected chi connectivity index (χ0v) is 11.6. The van der Waals surface area contributed by atoms with Gasteiger partial charge in [0.15, 0.2) is 5.78 Å². The molecule has 4 nitrogen and oxygen atoms in total. The van der Waals surface area contributed by atoms with E-state index in [0.29, 0.717) is 31.1 Å². The van der Waals surface area contributed by atoms with Crippen LogP contribution in [0.15, 0.2) is 24.3 Å². The average Bonchev–Trinajstić information content (AvgIpc) is 2.39. The maximum absolute atomic E-state index is 12.4. The van der Waals surface area contributed by atoms with Gasteiger partial charge in [-0.1, -0.05) is 12.1 Å². The topological polar surface area (TPSA) is 38.8 Å². The van der Waals surface area contributed by atoms with E-state index in [0.717, 1.165) is 13.1 Å². The lowest BCUT2D eigenvalue weighted by Crippen LogP contribution is -2.43. The Balaban J connectivity index is 2.03. The summed E-state index contributed by atoms with van der Waals surface area (Å²) in [4.78, 5) is 14.5. The number of carbonyl (C=O) groups excluding carboxylic acids is 1. The number of ketones is 1. The molecule has 0 radical (unpaired) electrons. The van der Waals surface area contributed by atoms with Crippen LogP contribution < -0.4 is 4.74 Å². The summed E-state index contributed by atoms with van der Waals surface area (Å²) >= 11 is 0. The fraction of sp³-hybridized carbons (Fsp3) is 0.533. The summed E-state index contributed by atoms with van der Waals surface area (Å²) in [5.41, 5.74) is 0.670. The van der Waals surface area contributed by atoms with Gasteiger partial charge in [-0.25, -0.2) is 0 Å². The molecule has 0 aliphatic carbocycles. The number of benzene rings is 1. The second kappa shape index (κ2) is 6.68. The third kappa shape index (κ3) is 3.78. The van der Waals surface area contributed by atoms with Crippen LogP contribution in [0.1, 0.15) is 24.2 Å². The minimum atomic E-state index is 0.109. The SMILES string of the molecule is CCOc1ccccc1C(=O)CN1CCOC(C)C1. The van der Waals surface area contributed by atoms with E-state index in [1.54, 1.807) is 0 Å². The summed E-state index contributed by atoms with van der Waals surface area (Å²) in [6.45, 7) is 7.27. The van der Waals surface area contributed by atoms with Gasteiger partial charge < -0.3 is 9.47 Å². The van der Waals surface area contributed by atoms with Crippen LogP contribution in [-0.2, 0) is 4.74 Å². The fourth-order valence-corrected chi connectivity index (χ4v) is 2.30. The molecule has 1 aliphatic rings. The summed E-state index contributed by atoms with van der Waals surface area (Å²) in [6.07, 6.45) is 0.198. The molecule has 1 atom stereocenters. The van der Waals surface area contributed by atoms with Crippen LogP contribution in [0.4, 0.5) is 0 Å². The highest BCUT2D eigenvalue weighted by Crippen LogP contribution is 2.19. The maximum Gasteiger partial charge on any atom is 0.180 e. The molecule has 0 aromatic heterocycles. The van der Waals surface area contributed by atoms with Gasteiger partial charge in [0.1, 0.15) is 5.75 Å². The molecule has 1 saturated heterocycles. The van der Waals surface area contributed by atoms with Gasteiger partial charge in [-0.15, -0.1) is 0 Å². The van der Waals surface area contributed by atoms with Crippen molar-refractivity contribution in [2.24, 2.45) is 0 Å². The molecule has 19 heavy (non-hydrogen) atoms. The van der Waals surface area contributed by atoms with Gasteiger partial charge in [-0.3, -0.25) is 9.69 Å². The van der Waals surface area contributed by atoms with Crippen molar-refractivity contribution < 1.29 is 14.3 Å². The molecule has 1 fully saturated rings. The molecule has 2 rings (SSSR count). The van der Waals surface area contributed by atoms with E-state index >= 15 is 0 Å². The molecular weight excluding hydrogens is 242 g/mol. The van der Waals surface area contributed by atoms with Crippen LogP contribution >= 0.6 is 0 Å². The third-order valence-electron chi connectivity index (χ3n) is 3.18. The fourth-order valence-electron chi connectivity index (χ4n) is 2.30. The van der Waals surface area contributed by atoms with Crippen molar-refractivity contribution in [2.75, 3.05) is 32.8 Å². The first kappa shape index (κ1) is 14.0. The summed E-state index contributed by atoms with van der Waals surface area (Å²) in [5.74, 6) is 0.787. The van der Waals surface area contributed by atoms with Crippen molar-refractivity contribution in [3.05, 3.63) is 29.8 Å². The molecule has 1 aromatic carbocycles. The smallest absolute Gasteiger partial charge is 0.180 e. The highest BCUT2D eigenvalue weighted by molar-refractivity contribution is 6.00. The monoisotopic (exact) mass is 263 g/mol. The number of rotatable bonds is 5. The van der Waals surface area contributed by atoms with Crippen LogP contribution in [-0.4, -0.2) is 49.6 Å². The van der Waals surface area contributed by atoms with Crippen molar-refractivity contribution in [1.82, 2.24) is 4.90 Å². The van der Waals surface area contributed by atoms with Gasteiger partial charge in [-0.2, -0.15) is 0 Å². The Kier molecular flexibility index (Phi) is 4.93. The van der Waals surface area contributed by atoms with E-state index in [4.69, 9.17) is 9.47 Å². The van der Waals surface area contributed by atoms with E-state index < -0.39 is 0 Å². The van der Waals surface area contributed by atoms with Gasteiger partial charge in [0.25, 0.3) is 0 Å². The molecular formula is C15H21NO3. The number of hydrogen-bond donors (Lipinski definition) is 0. The molecule has 1 aliphatic heterocycles. The number of carbonyl (C=O) groups is 1. The highest BCUT2D eigenvalue weighted by Gasteiger charge is 2.21. The molecule has 0 saturated carbocycles. The van der Waals surface area contributed by atoms with Gasteiger partial charge in [0.05, 0.1) is 31.4 Å². The van der Waals surface area contributed by atoms with E-state index in [-0.39, 0.29) is 11.9 Å². The second-order valence-corrected chi connectivity index (χ2v) is 4.77. The highest BCUT2D eigenvalue weighted by atomic mass is 16.5. The summed E-state index contributed by atoms with van der Waals surface area (Å²) in [7, 11) is 0. The number of nitrogens with zero attached hydrogens (tertiary/aromatic N) is 1. The van der Waals surface area contributed by atoms with Crippen LogP contribution in [0.5, 0.6) is 5.75 Å². The number of para-hydroxylation sites is 1. The first-order chi connectivity index (χ1) is 9.20. The van der Waals surface area contributed by atoms with Crippen molar-refractivity contribution in [2.45, 2.75) is 20.0 Å².